The summed E-state index contributed by atoms with van der Waals surface area (Å²) in [5.74, 6) is 0. The van der Waals surface area contributed by atoms with Crippen molar-refractivity contribution >= 4 is 6.08 Å². The molecule has 0 saturated carbocycles. The van der Waals surface area contributed by atoms with Crippen LogP contribution in [0.5, 0.6) is 0 Å². The molecular formula is C11H19N3. The molecule has 3 nitrogen and oxygen atoms in total. The van der Waals surface area contributed by atoms with Crippen LogP contribution in [0.2, 0.25) is 0 Å². The van der Waals surface area contributed by atoms with Gasteiger partial charge in [-0.05, 0) is 20.4 Å². The van der Waals surface area contributed by atoms with Crippen molar-refractivity contribution in [2.75, 3.05) is 7.05 Å². The first-order chi connectivity index (χ1) is 6.67. The number of nitrogens with zero attached hydrogens (tertiary/aromatic N) is 2. The van der Waals surface area contributed by atoms with Gasteiger partial charge in [-0.2, -0.15) is 5.10 Å². The normalized spacial score (nSPS) is 13.7. The third-order valence-corrected chi connectivity index (χ3v) is 2.29. The minimum Gasteiger partial charge on any atom is -0.314 e. The van der Waals surface area contributed by atoms with E-state index in [2.05, 4.69) is 42.6 Å². The van der Waals surface area contributed by atoms with Crippen LogP contribution >= 0.6 is 0 Å². The van der Waals surface area contributed by atoms with E-state index in [1.54, 1.807) is 0 Å². The van der Waals surface area contributed by atoms with Gasteiger partial charge in [-0.3, -0.25) is 4.68 Å². The van der Waals surface area contributed by atoms with Crippen molar-refractivity contribution in [1.82, 2.24) is 15.1 Å². The summed E-state index contributed by atoms with van der Waals surface area (Å²) in [4.78, 5) is 0. The van der Waals surface area contributed by atoms with Gasteiger partial charge in [0.2, 0.25) is 0 Å². The van der Waals surface area contributed by atoms with Gasteiger partial charge in [0.05, 0.1) is 5.69 Å². The van der Waals surface area contributed by atoms with Crippen LogP contribution in [0.3, 0.4) is 0 Å². The molecule has 0 bridgehead atoms. The second-order valence-electron chi connectivity index (χ2n) is 3.49. The molecular weight excluding hydrogens is 174 g/mol. The van der Waals surface area contributed by atoms with Crippen LogP contribution in [0.1, 0.15) is 25.1 Å². The number of rotatable bonds is 4. The van der Waals surface area contributed by atoms with Crippen LogP contribution in [0.25, 0.3) is 6.08 Å². The van der Waals surface area contributed by atoms with Crippen molar-refractivity contribution in [1.29, 1.82) is 0 Å². The molecule has 3 heteroatoms. The molecule has 0 aliphatic carbocycles. The van der Waals surface area contributed by atoms with Crippen molar-refractivity contribution in [2.24, 2.45) is 7.05 Å². The van der Waals surface area contributed by atoms with E-state index in [4.69, 9.17) is 0 Å². The highest BCUT2D eigenvalue weighted by molar-refractivity contribution is 5.51. The Bertz CT molecular complexity index is 312. The SMILES string of the molecule is CCc1nn(C)cc1/C=C/C(C)NC. The van der Waals surface area contributed by atoms with Crippen molar-refractivity contribution in [3.63, 3.8) is 0 Å². The summed E-state index contributed by atoms with van der Waals surface area (Å²) in [5, 5.41) is 7.54. The summed E-state index contributed by atoms with van der Waals surface area (Å²) in [6.07, 6.45) is 7.31. The first kappa shape index (κ1) is 11.0. The molecule has 78 valence electrons. The summed E-state index contributed by atoms with van der Waals surface area (Å²) in [6.45, 7) is 4.25. The van der Waals surface area contributed by atoms with Gasteiger partial charge in [-0.25, -0.2) is 0 Å². The average Bonchev–Trinajstić information content (AvgIpc) is 2.55. The number of hydrogen-bond acceptors (Lipinski definition) is 2. The summed E-state index contributed by atoms with van der Waals surface area (Å²) >= 11 is 0. The Morgan fingerprint density at radius 2 is 2.36 bits per heavy atom. The molecule has 1 aromatic heterocycles. The molecule has 1 unspecified atom stereocenters. The Morgan fingerprint density at radius 3 is 2.93 bits per heavy atom. The summed E-state index contributed by atoms with van der Waals surface area (Å²) in [6, 6.07) is 0.403. The first-order valence-corrected chi connectivity index (χ1v) is 5.05. The van der Waals surface area contributed by atoms with Gasteiger partial charge in [0, 0.05) is 24.8 Å². The highest BCUT2D eigenvalue weighted by Gasteiger charge is 2.01. The zero-order chi connectivity index (χ0) is 10.6. The predicted molar refractivity (Wildman–Crippen MR) is 60.1 cm³/mol. The first-order valence-electron chi connectivity index (χ1n) is 5.05. The van der Waals surface area contributed by atoms with Crippen LogP contribution in [-0.2, 0) is 13.5 Å². The van der Waals surface area contributed by atoms with E-state index >= 15 is 0 Å². The largest absolute Gasteiger partial charge is 0.314 e. The van der Waals surface area contributed by atoms with E-state index in [1.807, 2.05) is 18.8 Å². The maximum Gasteiger partial charge on any atom is 0.0693 e. The van der Waals surface area contributed by atoms with E-state index in [1.165, 1.54) is 5.56 Å². The van der Waals surface area contributed by atoms with Crippen LogP contribution in [0.4, 0.5) is 0 Å². The van der Waals surface area contributed by atoms with Gasteiger partial charge >= 0.3 is 0 Å². The van der Waals surface area contributed by atoms with Gasteiger partial charge in [0.15, 0.2) is 0 Å². The maximum absolute atomic E-state index is 4.38. The van der Waals surface area contributed by atoms with Gasteiger partial charge < -0.3 is 5.32 Å². The smallest absolute Gasteiger partial charge is 0.0693 e. The molecule has 0 aliphatic heterocycles. The lowest BCUT2D eigenvalue weighted by Gasteiger charge is -2.01. The van der Waals surface area contributed by atoms with Crippen molar-refractivity contribution in [3.05, 3.63) is 23.5 Å². The molecule has 1 aromatic rings. The third kappa shape index (κ3) is 2.70. The van der Waals surface area contributed by atoms with E-state index in [9.17, 15) is 0 Å². The second-order valence-corrected chi connectivity index (χ2v) is 3.49. The zero-order valence-electron chi connectivity index (χ0n) is 9.41. The topological polar surface area (TPSA) is 29.9 Å². The average molecular weight is 193 g/mol. The third-order valence-electron chi connectivity index (χ3n) is 2.29. The number of aryl methyl sites for hydroxylation is 2. The molecule has 1 heterocycles. The van der Waals surface area contributed by atoms with E-state index in [0.717, 1.165) is 12.1 Å². The molecule has 0 saturated heterocycles. The van der Waals surface area contributed by atoms with E-state index < -0.39 is 0 Å². The summed E-state index contributed by atoms with van der Waals surface area (Å²) < 4.78 is 1.86. The summed E-state index contributed by atoms with van der Waals surface area (Å²) in [5.41, 5.74) is 2.38. The Balaban J connectivity index is 2.79. The Morgan fingerprint density at radius 1 is 1.64 bits per heavy atom. The molecule has 1 rings (SSSR count). The minimum atomic E-state index is 0.403. The van der Waals surface area contributed by atoms with Crippen LogP contribution in [0.15, 0.2) is 12.3 Å². The number of nitrogens with one attached hydrogen (secondary N) is 1. The fourth-order valence-corrected chi connectivity index (χ4v) is 1.31. The van der Waals surface area contributed by atoms with Gasteiger partial charge in [0.1, 0.15) is 0 Å². The lowest BCUT2D eigenvalue weighted by Crippen LogP contribution is -2.17. The maximum atomic E-state index is 4.38. The lowest BCUT2D eigenvalue weighted by molar-refractivity contribution is 0.731. The van der Waals surface area contributed by atoms with Crippen molar-refractivity contribution < 1.29 is 0 Å². The lowest BCUT2D eigenvalue weighted by atomic mass is 10.2. The molecule has 0 radical (unpaired) electrons. The van der Waals surface area contributed by atoms with E-state index in [-0.39, 0.29) is 0 Å². The molecule has 1 N–H and O–H groups in total. The number of likely N-dealkylation sites (N-methyl/N-ethyl adjacent to an activating group) is 1. The van der Waals surface area contributed by atoms with Gasteiger partial charge in [0.25, 0.3) is 0 Å². The molecule has 0 aromatic carbocycles. The van der Waals surface area contributed by atoms with Crippen LogP contribution in [0, 0.1) is 0 Å². The monoisotopic (exact) mass is 193 g/mol. The van der Waals surface area contributed by atoms with Crippen molar-refractivity contribution in [3.8, 4) is 0 Å². The van der Waals surface area contributed by atoms with Crippen LogP contribution in [-0.4, -0.2) is 22.9 Å². The van der Waals surface area contributed by atoms with E-state index in [0.29, 0.717) is 6.04 Å². The fraction of sp³-hybridized carbons (Fsp3) is 0.545. The number of hydrogen-bond donors (Lipinski definition) is 1. The quantitative estimate of drug-likeness (QED) is 0.787. The molecule has 0 fully saturated rings. The molecule has 0 amide bonds. The van der Waals surface area contributed by atoms with Crippen molar-refractivity contribution in [2.45, 2.75) is 26.3 Å². The molecule has 0 spiro atoms. The Labute approximate surface area is 85.8 Å². The molecule has 14 heavy (non-hydrogen) atoms. The Kier molecular flexibility index (Phi) is 3.89. The minimum absolute atomic E-state index is 0.403. The zero-order valence-corrected chi connectivity index (χ0v) is 9.41. The second kappa shape index (κ2) is 4.96. The van der Waals surface area contributed by atoms with Gasteiger partial charge in [-0.1, -0.05) is 19.1 Å². The Hall–Kier alpha value is -1.09. The fourth-order valence-electron chi connectivity index (χ4n) is 1.31. The standard InChI is InChI=1S/C11H19N3/c1-5-11-10(8-14(4)13-11)7-6-9(2)12-3/h6-9,12H,5H2,1-4H3/b7-6+. The van der Waals surface area contributed by atoms with Gasteiger partial charge in [-0.15, -0.1) is 0 Å². The molecule has 0 aliphatic rings. The molecule has 1 atom stereocenters. The van der Waals surface area contributed by atoms with Crippen LogP contribution < -0.4 is 5.32 Å². The predicted octanol–water partition coefficient (Wildman–Crippen LogP) is 1.60. The summed E-state index contributed by atoms with van der Waals surface area (Å²) in [7, 11) is 3.91. The number of aromatic nitrogens is 2. The highest BCUT2D eigenvalue weighted by Crippen LogP contribution is 2.09. The highest BCUT2D eigenvalue weighted by atomic mass is 15.2.